The summed E-state index contributed by atoms with van der Waals surface area (Å²) >= 11 is 5.74. The monoisotopic (exact) mass is 354 g/mol. The average Bonchev–Trinajstić information content (AvgIpc) is 2.91. The van der Waals surface area contributed by atoms with Crippen LogP contribution in [0.15, 0.2) is 18.2 Å². The van der Waals surface area contributed by atoms with Crippen molar-refractivity contribution in [2.75, 3.05) is 0 Å². The zero-order valence-electron chi connectivity index (χ0n) is 13.1. The molecule has 2 aromatic rings. The normalized spacial score (nSPS) is 12.0. The molecule has 0 aliphatic carbocycles. The summed E-state index contributed by atoms with van der Waals surface area (Å²) in [5.74, 6) is -2.31. The summed E-state index contributed by atoms with van der Waals surface area (Å²) in [6.07, 6.45) is 0.916. The van der Waals surface area contributed by atoms with Crippen molar-refractivity contribution in [1.29, 1.82) is 0 Å². The SMILES string of the molecule is CCCC(NC(=O)c1nnn(-c2ccc(F)c(Cl)c2)c1C)C(=O)O. The highest BCUT2D eigenvalue weighted by Crippen LogP contribution is 2.20. The number of aromatic nitrogens is 3. The summed E-state index contributed by atoms with van der Waals surface area (Å²) < 4.78 is 14.6. The largest absolute Gasteiger partial charge is 0.480 e. The topological polar surface area (TPSA) is 97.1 Å². The minimum absolute atomic E-state index is 0.00204. The second-order valence-electron chi connectivity index (χ2n) is 5.19. The van der Waals surface area contributed by atoms with E-state index in [4.69, 9.17) is 16.7 Å². The molecule has 0 aliphatic rings. The summed E-state index contributed by atoms with van der Waals surface area (Å²) in [7, 11) is 0. The minimum Gasteiger partial charge on any atom is -0.480 e. The first-order chi connectivity index (χ1) is 11.3. The summed E-state index contributed by atoms with van der Waals surface area (Å²) in [5, 5.41) is 19.1. The number of hydrogen-bond acceptors (Lipinski definition) is 4. The number of rotatable bonds is 6. The number of hydrogen-bond donors (Lipinski definition) is 2. The van der Waals surface area contributed by atoms with Gasteiger partial charge in [0.05, 0.1) is 16.4 Å². The predicted octanol–water partition coefficient (Wildman–Crippen LogP) is 2.35. The van der Waals surface area contributed by atoms with E-state index in [1.807, 2.05) is 6.92 Å². The predicted molar refractivity (Wildman–Crippen MR) is 84.9 cm³/mol. The molecule has 1 amide bonds. The molecule has 7 nitrogen and oxygen atoms in total. The van der Waals surface area contributed by atoms with Crippen LogP contribution in [0.3, 0.4) is 0 Å². The Morgan fingerprint density at radius 1 is 1.46 bits per heavy atom. The van der Waals surface area contributed by atoms with Gasteiger partial charge in [-0.15, -0.1) is 5.10 Å². The summed E-state index contributed by atoms with van der Waals surface area (Å²) in [5.41, 5.74) is 0.822. The molecule has 1 aromatic carbocycles. The van der Waals surface area contributed by atoms with Crippen molar-refractivity contribution >= 4 is 23.5 Å². The van der Waals surface area contributed by atoms with Crippen molar-refractivity contribution in [2.24, 2.45) is 0 Å². The van der Waals surface area contributed by atoms with Gasteiger partial charge in [0.25, 0.3) is 5.91 Å². The Bertz CT molecular complexity index is 778. The van der Waals surface area contributed by atoms with Gasteiger partial charge in [0.2, 0.25) is 0 Å². The van der Waals surface area contributed by atoms with Crippen molar-refractivity contribution < 1.29 is 19.1 Å². The summed E-state index contributed by atoms with van der Waals surface area (Å²) in [4.78, 5) is 23.4. The Hall–Kier alpha value is -2.48. The van der Waals surface area contributed by atoms with Gasteiger partial charge in [-0.25, -0.2) is 13.9 Å². The lowest BCUT2D eigenvalue weighted by Gasteiger charge is -2.12. The van der Waals surface area contributed by atoms with Gasteiger partial charge in [-0.3, -0.25) is 4.79 Å². The van der Waals surface area contributed by atoms with Crippen molar-refractivity contribution in [3.63, 3.8) is 0 Å². The molecule has 9 heteroatoms. The number of amides is 1. The third-order valence-corrected chi connectivity index (χ3v) is 3.73. The number of nitrogens with zero attached hydrogens (tertiary/aromatic N) is 3. The Kier molecular flexibility index (Phi) is 5.50. The van der Waals surface area contributed by atoms with E-state index in [0.29, 0.717) is 24.2 Å². The Balaban J connectivity index is 2.27. The number of benzene rings is 1. The second kappa shape index (κ2) is 7.39. The molecule has 1 atom stereocenters. The van der Waals surface area contributed by atoms with Crippen LogP contribution < -0.4 is 5.32 Å². The molecule has 1 unspecified atom stereocenters. The standard InChI is InChI=1S/C15H16ClFN4O3/c1-3-4-12(15(23)24)18-14(22)13-8(2)21(20-19-13)9-5-6-11(17)10(16)7-9/h5-7,12H,3-4H2,1-2H3,(H,18,22)(H,23,24). The van der Waals surface area contributed by atoms with Crippen LogP contribution in [0, 0.1) is 12.7 Å². The number of halogens is 2. The van der Waals surface area contributed by atoms with Gasteiger partial charge in [-0.2, -0.15) is 0 Å². The minimum atomic E-state index is -1.11. The van der Waals surface area contributed by atoms with Gasteiger partial charge >= 0.3 is 5.97 Å². The summed E-state index contributed by atoms with van der Waals surface area (Å²) in [6.45, 7) is 3.42. The molecule has 2 N–H and O–H groups in total. The third kappa shape index (κ3) is 3.70. The zero-order valence-corrected chi connectivity index (χ0v) is 13.8. The molecule has 0 saturated carbocycles. The highest BCUT2D eigenvalue weighted by molar-refractivity contribution is 6.30. The van der Waals surface area contributed by atoms with Crippen LogP contribution >= 0.6 is 11.6 Å². The van der Waals surface area contributed by atoms with Crippen molar-refractivity contribution in [3.8, 4) is 5.69 Å². The van der Waals surface area contributed by atoms with Gasteiger partial charge in [-0.05, 0) is 31.5 Å². The fraction of sp³-hybridized carbons (Fsp3) is 0.333. The van der Waals surface area contributed by atoms with E-state index >= 15 is 0 Å². The van der Waals surface area contributed by atoms with Gasteiger partial charge in [0.1, 0.15) is 11.9 Å². The quantitative estimate of drug-likeness (QED) is 0.830. The number of carbonyl (C=O) groups is 2. The van der Waals surface area contributed by atoms with Crippen molar-refractivity contribution in [2.45, 2.75) is 32.7 Å². The molecule has 2 rings (SSSR count). The second-order valence-corrected chi connectivity index (χ2v) is 5.59. The van der Waals surface area contributed by atoms with Gasteiger partial charge < -0.3 is 10.4 Å². The van der Waals surface area contributed by atoms with Gasteiger partial charge in [0, 0.05) is 0 Å². The van der Waals surface area contributed by atoms with Gasteiger partial charge in [0.15, 0.2) is 5.69 Å². The molecule has 0 radical (unpaired) electrons. The molecular weight excluding hydrogens is 339 g/mol. The van der Waals surface area contributed by atoms with Crippen molar-refractivity contribution in [3.05, 3.63) is 40.4 Å². The van der Waals surface area contributed by atoms with E-state index in [1.54, 1.807) is 6.92 Å². The lowest BCUT2D eigenvalue weighted by atomic mass is 10.1. The Morgan fingerprint density at radius 2 is 2.17 bits per heavy atom. The number of carbonyl (C=O) groups excluding carboxylic acids is 1. The maximum absolute atomic E-state index is 13.2. The lowest BCUT2D eigenvalue weighted by molar-refractivity contribution is -0.139. The highest BCUT2D eigenvalue weighted by atomic mass is 35.5. The highest BCUT2D eigenvalue weighted by Gasteiger charge is 2.24. The first-order valence-electron chi connectivity index (χ1n) is 7.26. The molecule has 24 heavy (non-hydrogen) atoms. The molecule has 0 bridgehead atoms. The van der Waals surface area contributed by atoms with E-state index < -0.39 is 23.7 Å². The molecule has 0 spiro atoms. The van der Waals surface area contributed by atoms with E-state index in [-0.39, 0.29) is 10.7 Å². The van der Waals surface area contributed by atoms with Crippen molar-refractivity contribution in [1.82, 2.24) is 20.3 Å². The zero-order chi connectivity index (χ0) is 17.9. The molecule has 0 fully saturated rings. The maximum Gasteiger partial charge on any atom is 0.326 e. The fourth-order valence-corrected chi connectivity index (χ4v) is 2.35. The maximum atomic E-state index is 13.2. The smallest absolute Gasteiger partial charge is 0.326 e. The average molecular weight is 355 g/mol. The third-order valence-electron chi connectivity index (χ3n) is 3.44. The number of aliphatic carboxylic acids is 1. The molecule has 128 valence electrons. The molecule has 1 heterocycles. The van der Waals surface area contributed by atoms with Crippen LogP contribution in [0.4, 0.5) is 4.39 Å². The van der Waals surface area contributed by atoms with E-state index in [2.05, 4.69) is 15.6 Å². The van der Waals surface area contributed by atoms with E-state index in [9.17, 15) is 14.0 Å². The first-order valence-corrected chi connectivity index (χ1v) is 7.64. The van der Waals surface area contributed by atoms with E-state index in [0.717, 1.165) is 0 Å². The van der Waals surface area contributed by atoms with Crippen LogP contribution in [0.2, 0.25) is 5.02 Å². The molecule has 1 aromatic heterocycles. The first kappa shape index (κ1) is 17.9. The fourth-order valence-electron chi connectivity index (χ4n) is 2.17. The van der Waals surface area contributed by atoms with E-state index in [1.165, 1.54) is 22.9 Å². The van der Waals surface area contributed by atoms with Crippen LogP contribution in [-0.2, 0) is 4.79 Å². The number of carboxylic acids is 1. The van der Waals surface area contributed by atoms with Crippen LogP contribution in [0.1, 0.15) is 35.9 Å². The van der Waals surface area contributed by atoms with Gasteiger partial charge in [-0.1, -0.05) is 30.2 Å². The Labute approximate surface area is 142 Å². The molecule has 0 saturated heterocycles. The number of nitrogens with one attached hydrogen (secondary N) is 1. The Morgan fingerprint density at radius 3 is 2.75 bits per heavy atom. The van der Waals surface area contributed by atoms with Crippen LogP contribution in [-0.4, -0.2) is 38.0 Å². The molecule has 0 aliphatic heterocycles. The number of carboxylic acid groups (broad SMARTS) is 1. The van der Waals surface area contributed by atoms with Crippen LogP contribution in [0.25, 0.3) is 5.69 Å². The molecular formula is C15H16ClFN4O3. The van der Waals surface area contributed by atoms with Crippen LogP contribution in [0.5, 0.6) is 0 Å². The lowest BCUT2D eigenvalue weighted by Crippen LogP contribution is -2.41. The summed E-state index contributed by atoms with van der Waals surface area (Å²) in [6, 6.07) is 2.99.